The summed E-state index contributed by atoms with van der Waals surface area (Å²) in [7, 11) is 0. The molecule has 0 saturated heterocycles. The molecule has 4 aromatic rings. The molecule has 3 heteroatoms. The number of fused-ring (bicyclic) bond motifs is 1. The van der Waals surface area contributed by atoms with Crippen LogP contribution >= 0.6 is 0 Å². The second-order valence-electron chi connectivity index (χ2n) is 5.32. The zero-order chi connectivity index (χ0) is 15.5. The lowest BCUT2D eigenvalue weighted by Gasteiger charge is -2.10. The third-order valence-corrected chi connectivity index (χ3v) is 3.80. The van der Waals surface area contributed by atoms with Crippen molar-refractivity contribution in [1.29, 1.82) is 0 Å². The summed E-state index contributed by atoms with van der Waals surface area (Å²) >= 11 is 0. The van der Waals surface area contributed by atoms with Crippen LogP contribution in [0, 0.1) is 0 Å². The Hall–Kier alpha value is -3.20. The van der Waals surface area contributed by atoms with Crippen molar-refractivity contribution in [2.75, 3.05) is 0 Å². The van der Waals surface area contributed by atoms with Crippen molar-refractivity contribution in [2.24, 2.45) is 0 Å². The van der Waals surface area contributed by atoms with E-state index >= 15 is 0 Å². The van der Waals surface area contributed by atoms with Crippen LogP contribution in [0.15, 0.2) is 85.1 Å². The fraction of sp³-hybridized carbons (Fsp3) is 0. The van der Waals surface area contributed by atoms with E-state index in [4.69, 9.17) is 0 Å². The van der Waals surface area contributed by atoms with E-state index in [0.29, 0.717) is 0 Å². The largest absolute Gasteiger partial charge is 0.213 e. The summed E-state index contributed by atoms with van der Waals surface area (Å²) in [6, 6.07) is 26.8. The van der Waals surface area contributed by atoms with E-state index in [1.165, 1.54) is 0 Å². The maximum Gasteiger partial charge on any atom is 0.0872 e. The van der Waals surface area contributed by atoms with Crippen LogP contribution in [0.5, 0.6) is 0 Å². The number of benzene rings is 2. The normalized spacial score (nSPS) is 11.7. The monoisotopic (exact) mass is 297 g/mol. The van der Waals surface area contributed by atoms with Crippen LogP contribution in [0.2, 0.25) is 0 Å². The summed E-state index contributed by atoms with van der Waals surface area (Å²) < 4.78 is 1.88. The smallest absolute Gasteiger partial charge is 0.0872 e. The fourth-order valence-electron chi connectivity index (χ4n) is 2.69. The number of hydrogen-bond donors (Lipinski definition) is 0. The fourth-order valence-corrected chi connectivity index (χ4v) is 2.69. The van der Waals surface area contributed by atoms with Crippen LogP contribution < -0.4 is 0 Å². The first-order chi connectivity index (χ1) is 11.4. The van der Waals surface area contributed by atoms with Crippen molar-refractivity contribution in [2.45, 2.75) is 0 Å². The third kappa shape index (κ3) is 2.64. The van der Waals surface area contributed by atoms with Gasteiger partial charge in [-0.3, -0.25) is 0 Å². The maximum atomic E-state index is 4.23. The van der Waals surface area contributed by atoms with Crippen molar-refractivity contribution in [3.63, 3.8) is 0 Å². The van der Waals surface area contributed by atoms with Crippen LogP contribution in [-0.4, -0.2) is 14.8 Å². The molecule has 2 aromatic heterocycles. The summed E-state index contributed by atoms with van der Waals surface area (Å²) in [5.74, 6) is 0. The van der Waals surface area contributed by atoms with Crippen molar-refractivity contribution in [3.05, 3.63) is 102 Å². The average Bonchev–Trinajstić information content (AvgIpc) is 3.10. The van der Waals surface area contributed by atoms with E-state index in [-0.39, 0.29) is 0 Å². The Labute approximate surface area is 134 Å². The molecule has 0 saturated carbocycles. The second-order valence-corrected chi connectivity index (χ2v) is 5.32. The van der Waals surface area contributed by atoms with Crippen LogP contribution in [-0.2, 0) is 0 Å². The highest BCUT2D eigenvalue weighted by Gasteiger charge is 2.10. The SMILES string of the molecule is C(=C(/c1ccccc1)c1cccc2cnnn12)/c1ccccc1. The molecule has 0 atom stereocenters. The van der Waals surface area contributed by atoms with E-state index in [1.807, 2.05) is 40.9 Å². The first-order valence-electron chi connectivity index (χ1n) is 7.54. The van der Waals surface area contributed by atoms with Gasteiger partial charge in [-0.25, -0.2) is 4.52 Å². The van der Waals surface area contributed by atoms with Crippen LogP contribution in [0.1, 0.15) is 16.8 Å². The van der Waals surface area contributed by atoms with Gasteiger partial charge in [0, 0.05) is 5.57 Å². The highest BCUT2D eigenvalue weighted by Crippen LogP contribution is 2.26. The molecule has 0 spiro atoms. The standard InChI is InChI=1S/C20H15N3/c1-3-8-16(9-4-1)14-19(17-10-5-2-6-11-17)20-13-7-12-18-15-21-22-23(18)20/h1-15H/b19-14+. The van der Waals surface area contributed by atoms with Gasteiger partial charge in [0.1, 0.15) is 0 Å². The predicted octanol–water partition coefficient (Wildman–Crippen LogP) is 4.32. The van der Waals surface area contributed by atoms with Gasteiger partial charge in [0.05, 0.1) is 17.4 Å². The number of aromatic nitrogens is 3. The minimum Gasteiger partial charge on any atom is -0.213 e. The zero-order valence-corrected chi connectivity index (χ0v) is 12.5. The number of rotatable bonds is 3. The van der Waals surface area contributed by atoms with Gasteiger partial charge in [0.15, 0.2) is 0 Å². The van der Waals surface area contributed by atoms with E-state index in [0.717, 1.165) is 27.9 Å². The first-order valence-corrected chi connectivity index (χ1v) is 7.54. The molecule has 3 nitrogen and oxygen atoms in total. The lowest BCUT2D eigenvalue weighted by Crippen LogP contribution is -1.99. The van der Waals surface area contributed by atoms with Crippen molar-refractivity contribution in [3.8, 4) is 0 Å². The Morgan fingerprint density at radius 1 is 0.783 bits per heavy atom. The minimum atomic E-state index is 0.984. The molecule has 0 amide bonds. The molecule has 2 aromatic carbocycles. The van der Waals surface area contributed by atoms with Gasteiger partial charge in [-0.05, 0) is 29.3 Å². The minimum absolute atomic E-state index is 0.984. The summed E-state index contributed by atoms with van der Waals surface area (Å²) in [5.41, 5.74) is 5.43. The van der Waals surface area contributed by atoms with Crippen molar-refractivity contribution in [1.82, 2.24) is 14.8 Å². The number of nitrogens with zero attached hydrogens (tertiary/aromatic N) is 3. The Morgan fingerprint density at radius 3 is 2.30 bits per heavy atom. The predicted molar refractivity (Wildman–Crippen MR) is 92.8 cm³/mol. The van der Waals surface area contributed by atoms with Gasteiger partial charge in [0.25, 0.3) is 0 Å². The van der Waals surface area contributed by atoms with Crippen LogP contribution in [0.4, 0.5) is 0 Å². The molecule has 0 bridgehead atoms. The molecule has 0 aliphatic rings. The Balaban J connectivity index is 1.96. The molecule has 0 unspecified atom stereocenters. The first kappa shape index (κ1) is 13.5. The molecule has 2 heterocycles. The van der Waals surface area contributed by atoms with Crippen molar-refractivity contribution >= 4 is 17.2 Å². The Bertz CT molecular complexity index is 954. The molecule has 110 valence electrons. The van der Waals surface area contributed by atoms with Gasteiger partial charge in [-0.15, -0.1) is 5.10 Å². The molecule has 0 aliphatic heterocycles. The molecular formula is C20H15N3. The summed E-state index contributed by atoms with van der Waals surface area (Å²) in [4.78, 5) is 0. The number of pyridine rings is 1. The van der Waals surface area contributed by atoms with Gasteiger partial charge < -0.3 is 0 Å². The quantitative estimate of drug-likeness (QED) is 0.527. The lowest BCUT2D eigenvalue weighted by atomic mass is 9.99. The average molecular weight is 297 g/mol. The lowest BCUT2D eigenvalue weighted by molar-refractivity contribution is 0.845. The summed E-state index contributed by atoms with van der Waals surface area (Å²) in [5, 5.41) is 8.26. The van der Waals surface area contributed by atoms with E-state index in [2.05, 4.69) is 58.9 Å². The maximum absolute atomic E-state index is 4.23. The van der Waals surface area contributed by atoms with Crippen LogP contribution in [0.3, 0.4) is 0 Å². The van der Waals surface area contributed by atoms with Crippen molar-refractivity contribution < 1.29 is 0 Å². The Kier molecular flexibility index (Phi) is 3.45. The Morgan fingerprint density at radius 2 is 1.52 bits per heavy atom. The van der Waals surface area contributed by atoms with Crippen LogP contribution in [0.25, 0.3) is 17.2 Å². The molecule has 4 rings (SSSR count). The molecule has 0 aliphatic carbocycles. The molecule has 0 radical (unpaired) electrons. The molecular weight excluding hydrogens is 282 g/mol. The highest BCUT2D eigenvalue weighted by atomic mass is 15.4. The van der Waals surface area contributed by atoms with Gasteiger partial charge in [-0.1, -0.05) is 71.9 Å². The highest BCUT2D eigenvalue weighted by molar-refractivity contribution is 5.90. The summed E-state index contributed by atoms with van der Waals surface area (Å²) in [6.45, 7) is 0. The van der Waals surface area contributed by atoms with E-state index < -0.39 is 0 Å². The van der Waals surface area contributed by atoms with Gasteiger partial charge >= 0.3 is 0 Å². The molecule has 0 N–H and O–H groups in total. The topological polar surface area (TPSA) is 30.2 Å². The molecule has 0 fully saturated rings. The number of hydrogen-bond acceptors (Lipinski definition) is 2. The van der Waals surface area contributed by atoms with E-state index in [1.54, 1.807) is 6.20 Å². The summed E-state index contributed by atoms with van der Waals surface area (Å²) in [6.07, 6.45) is 3.96. The van der Waals surface area contributed by atoms with Gasteiger partial charge in [0.2, 0.25) is 0 Å². The zero-order valence-electron chi connectivity index (χ0n) is 12.5. The molecule has 23 heavy (non-hydrogen) atoms. The second kappa shape index (κ2) is 5.89. The third-order valence-electron chi connectivity index (χ3n) is 3.80. The van der Waals surface area contributed by atoms with E-state index in [9.17, 15) is 0 Å². The van der Waals surface area contributed by atoms with Gasteiger partial charge in [-0.2, -0.15) is 0 Å².